The highest BCUT2D eigenvalue weighted by Gasteiger charge is 2.17. The zero-order valence-electron chi connectivity index (χ0n) is 12.2. The van der Waals surface area contributed by atoms with Crippen LogP contribution >= 0.6 is 11.6 Å². The summed E-state index contributed by atoms with van der Waals surface area (Å²) in [6, 6.07) is 14.0. The smallest absolute Gasteiger partial charge is 0.214 e. The summed E-state index contributed by atoms with van der Waals surface area (Å²) in [5.74, 6) is 1.10. The van der Waals surface area contributed by atoms with Crippen LogP contribution in [0.4, 0.5) is 0 Å². The summed E-state index contributed by atoms with van der Waals surface area (Å²) in [6.45, 7) is 6.92. The number of pyridine rings is 1. The maximum atomic E-state index is 5.95. The molecule has 2 aromatic rings. The molecule has 0 radical (unpaired) electrons. The number of rotatable bonds is 4. The van der Waals surface area contributed by atoms with Crippen molar-refractivity contribution in [2.75, 3.05) is 0 Å². The molecule has 0 fully saturated rings. The summed E-state index contributed by atoms with van der Waals surface area (Å²) in [5, 5.41) is 0. The maximum Gasteiger partial charge on any atom is 0.214 e. The highest BCUT2D eigenvalue weighted by Crippen LogP contribution is 2.25. The summed E-state index contributed by atoms with van der Waals surface area (Å²) in [7, 11) is 0. The summed E-state index contributed by atoms with van der Waals surface area (Å²) >= 11 is 5.95. The summed E-state index contributed by atoms with van der Waals surface area (Å²) in [6.07, 6.45) is 0. The van der Waals surface area contributed by atoms with Crippen LogP contribution in [0, 0.1) is 0 Å². The lowest BCUT2D eigenvalue weighted by atomic mass is 9.91. The predicted molar refractivity (Wildman–Crippen MR) is 83.3 cm³/mol. The van der Waals surface area contributed by atoms with Crippen molar-refractivity contribution in [2.45, 2.75) is 38.7 Å². The molecule has 0 aliphatic carbocycles. The van der Waals surface area contributed by atoms with E-state index in [9.17, 15) is 0 Å². The van der Waals surface area contributed by atoms with Gasteiger partial charge in [-0.15, -0.1) is 11.6 Å². The zero-order valence-corrected chi connectivity index (χ0v) is 12.9. The molecule has 0 spiro atoms. The first-order chi connectivity index (χ1) is 9.49. The van der Waals surface area contributed by atoms with E-state index in [0.29, 0.717) is 18.4 Å². The minimum atomic E-state index is -0.0209. The molecule has 0 aliphatic heterocycles. The Kier molecular flexibility index (Phi) is 4.66. The molecule has 0 saturated carbocycles. The fraction of sp³-hybridized carbons (Fsp3) is 0.353. The normalized spacial score (nSPS) is 11.4. The largest absolute Gasteiger partial charge is 0.473 e. The Morgan fingerprint density at radius 2 is 1.75 bits per heavy atom. The van der Waals surface area contributed by atoms with Crippen LogP contribution < -0.4 is 4.74 Å². The fourth-order valence-corrected chi connectivity index (χ4v) is 1.98. The second-order valence-corrected chi connectivity index (χ2v) is 6.12. The second-order valence-electron chi connectivity index (χ2n) is 5.86. The Morgan fingerprint density at radius 1 is 1.05 bits per heavy atom. The van der Waals surface area contributed by atoms with E-state index in [4.69, 9.17) is 16.3 Å². The lowest BCUT2D eigenvalue weighted by Gasteiger charge is -2.19. The average molecular weight is 290 g/mol. The van der Waals surface area contributed by atoms with E-state index >= 15 is 0 Å². The van der Waals surface area contributed by atoms with E-state index in [0.717, 1.165) is 16.8 Å². The second kappa shape index (κ2) is 6.27. The van der Waals surface area contributed by atoms with Crippen molar-refractivity contribution in [3.8, 4) is 5.88 Å². The summed E-state index contributed by atoms with van der Waals surface area (Å²) in [5.41, 5.74) is 3.14. The number of nitrogens with zero attached hydrogens (tertiary/aromatic N) is 1. The number of alkyl halides is 1. The van der Waals surface area contributed by atoms with Crippen molar-refractivity contribution in [2.24, 2.45) is 0 Å². The molecule has 0 amide bonds. The summed E-state index contributed by atoms with van der Waals surface area (Å²) in [4.78, 5) is 4.59. The average Bonchev–Trinajstić information content (AvgIpc) is 2.45. The lowest BCUT2D eigenvalue weighted by molar-refractivity contribution is 0.291. The Morgan fingerprint density at radius 3 is 2.35 bits per heavy atom. The van der Waals surface area contributed by atoms with Crippen LogP contribution in [0.3, 0.4) is 0 Å². The van der Waals surface area contributed by atoms with Gasteiger partial charge in [0.2, 0.25) is 5.88 Å². The van der Waals surface area contributed by atoms with Gasteiger partial charge in [0.15, 0.2) is 0 Å². The number of hydrogen-bond donors (Lipinski definition) is 0. The van der Waals surface area contributed by atoms with Crippen LogP contribution in [-0.4, -0.2) is 4.98 Å². The molecule has 2 nitrogen and oxygen atoms in total. The van der Waals surface area contributed by atoms with E-state index in [1.807, 2.05) is 42.5 Å². The van der Waals surface area contributed by atoms with Crippen molar-refractivity contribution < 1.29 is 4.74 Å². The predicted octanol–water partition coefficient (Wildman–Crippen LogP) is 4.70. The third-order valence-corrected chi connectivity index (χ3v) is 3.32. The first kappa shape index (κ1) is 14.9. The van der Waals surface area contributed by atoms with Crippen molar-refractivity contribution >= 4 is 11.6 Å². The van der Waals surface area contributed by atoms with Crippen molar-refractivity contribution in [1.29, 1.82) is 0 Å². The standard InChI is InChI=1S/C17H20ClNO/c1-17(2,3)15-9-14(11-18)10-16(19-15)20-12-13-7-5-4-6-8-13/h4-10H,11-12H2,1-3H3. The molecule has 0 saturated heterocycles. The third kappa shape index (κ3) is 3.97. The SMILES string of the molecule is CC(C)(C)c1cc(CCl)cc(OCc2ccccc2)n1. The van der Waals surface area contributed by atoms with Gasteiger partial charge in [-0.2, -0.15) is 0 Å². The van der Waals surface area contributed by atoms with Gasteiger partial charge in [0.1, 0.15) is 6.61 Å². The van der Waals surface area contributed by atoms with Gasteiger partial charge in [-0.1, -0.05) is 51.1 Å². The number of hydrogen-bond acceptors (Lipinski definition) is 2. The van der Waals surface area contributed by atoms with Gasteiger partial charge in [0, 0.05) is 17.4 Å². The molecule has 20 heavy (non-hydrogen) atoms. The third-order valence-electron chi connectivity index (χ3n) is 3.01. The molecule has 0 unspecified atom stereocenters. The molecule has 0 N–H and O–H groups in total. The van der Waals surface area contributed by atoms with Crippen LogP contribution in [0.1, 0.15) is 37.6 Å². The Labute approximate surface area is 125 Å². The molecular formula is C17H20ClNO. The molecule has 1 aromatic heterocycles. The van der Waals surface area contributed by atoms with Gasteiger partial charge in [0.05, 0.1) is 5.69 Å². The van der Waals surface area contributed by atoms with E-state index in [1.165, 1.54) is 0 Å². The Balaban J connectivity index is 2.19. The minimum absolute atomic E-state index is 0.0209. The molecule has 0 aliphatic rings. The van der Waals surface area contributed by atoms with Crippen LogP contribution in [0.25, 0.3) is 0 Å². The highest BCUT2D eigenvalue weighted by molar-refractivity contribution is 6.17. The van der Waals surface area contributed by atoms with Gasteiger partial charge >= 0.3 is 0 Å². The van der Waals surface area contributed by atoms with Crippen LogP contribution in [-0.2, 0) is 17.9 Å². The maximum absolute atomic E-state index is 5.95. The minimum Gasteiger partial charge on any atom is -0.473 e. The van der Waals surface area contributed by atoms with Gasteiger partial charge < -0.3 is 4.74 Å². The van der Waals surface area contributed by atoms with Gasteiger partial charge in [0.25, 0.3) is 0 Å². The van der Waals surface area contributed by atoms with Crippen molar-refractivity contribution in [3.63, 3.8) is 0 Å². The molecule has 3 heteroatoms. The summed E-state index contributed by atoms with van der Waals surface area (Å²) < 4.78 is 5.80. The van der Waals surface area contributed by atoms with Crippen LogP contribution in [0.15, 0.2) is 42.5 Å². The van der Waals surface area contributed by atoms with Crippen LogP contribution in [0.2, 0.25) is 0 Å². The van der Waals surface area contributed by atoms with Crippen LogP contribution in [0.5, 0.6) is 5.88 Å². The van der Waals surface area contributed by atoms with Gasteiger partial charge in [-0.3, -0.25) is 0 Å². The lowest BCUT2D eigenvalue weighted by Crippen LogP contribution is -2.14. The number of benzene rings is 1. The molecular weight excluding hydrogens is 270 g/mol. The first-order valence-corrected chi connectivity index (χ1v) is 7.26. The van der Waals surface area contributed by atoms with E-state index in [2.05, 4.69) is 25.8 Å². The molecule has 2 rings (SSSR count). The fourth-order valence-electron chi connectivity index (χ4n) is 1.83. The number of aromatic nitrogens is 1. The molecule has 0 bridgehead atoms. The van der Waals surface area contributed by atoms with Crippen molar-refractivity contribution in [1.82, 2.24) is 4.98 Å². The Bertz CT molecular complexity index is 561. The van der Waals surface area contributed by atoms with Crippen molar-refractivity contribution in [3.05, 3.63) is 59.3 Å². The highest BCUT2D eigenvalue weighted by atomic mass is 35.5. The molecule has 1 aromatic carbocycles. The Hall–Kier alpha value is -1.54. The van der Waals surface area contributed by atoms with Gasteiger partial charge in [-0.05, 0) is 17.2 Å². The number of ether oxygens (including phenoxy) is 1. The monoisotopic (exact) mass is 289 g/mol. The van der Waals surface area contributed by atoms with E-state index in [1.54, 1.807) is 0 Å². The number of halogens is 1. The molecule has 106 valence electrons. The first-order valence-electron chi connectivity index (χ1n) is 6.73. The molecule has 1 heterocycles. The van der Waals surface area contributed by atoms with E-state index < -0.39 is 0 Å². The molecule has 0 atom stereocenters. The zero-order chi connectivity index (χ0) is 14.6. The quantitative estimate of drug-likeness (QED) is 0.761. The van der Waals surface area contributed by atoms with E-state index in [-0.39, 0.29) is 5.41 Å². The topological polar surface area (TPSA) is 22.1 Å². The van der Waals surface area contributed by atoms with Gasteiger partial charge in [-0.25, -0.2) is 4.98 Å².